The van der Waals surface area contributed by atoms with Crippen LogP contribution >= 0.6 is 11.3 Å². The fraction of sp³-hybridized carbons (Fsp3) is 0.222. The van der Waals surface area contributed by atoms with Crippen LogP contribution in [0.4, 0.5) is 5.88 Å². The number of amides is 1. The van der Waals surface area contributed by atoms with E-state index in [2.05, 4.69) is 15.5 Å². The standard InChI is InChI=1S/C18H17N3O4S/c1-10-4-6-13(7-5-10)17-19-14(9-26-17)18(23)24-12(3)16(22)20-15-8-11(2)21-25-15/h4-9,12H,1-3H3,(H,20,22)/t12-/m0/s1. The number of aryl methyl sites for hydroxylation is 2. The summed E-state index contributed by atoms with van der Waals surface area (Å²) in [4.78, 5) is 28.6. The van der Waals surface area contributed by atoms with Gasteiger partial charge in [0, 0.05) is 17.0 Å². The maximum absolute atomic E-state index is 12.2. The normalized spacial score (nSPS) is 11.8. The van der Waals surface area contributed by atoms with Gasteiger partial charge in [-0.25, -0.2) is 9.78 Å². The fourth-order valence-corrected chi connectivity index (χ4v) is 2.91. The summed E-state index contributed by atoms with van der Waals surface area (Å²) in [6, 6.07) is 9.41. The summed E-state index contributed by atoms with van der Waals surface area (Å²) in [5.74, 6) is -0.967. The Kier molecular flexibility index (Phi) is 5.13. The molecule has 2 aromatic heterocycles. The summed E-state index contributed by atoms with van der Waals surface area (Å²) in [5.41, 5.74) is 2.87. The van der Waals surface area contributed by atoms with Gasteiger partial charge in [0.1, 0.15) is 5.01 Å². The molecule has 26 heavy (non-hydrogen) atoms. The summed E-state index contributed by atoms with van der Waals surface area (Å²) in [5, 5.41) is 8.49. The Labute approximate surface area is 154 Å². The van der Waals surface area contributed by atoms with Gasteiger partial charge in [-0.3, -0.25) is 10.1 Å². The van der Waals surface area contributed by atoms with Crippen LogP contribution in [0, 0.1) is 13.8 Å². The van der Waals surface area contributed by atoms with Crippen molar-refractivity contribution in [3.8, 4) is 10.6 Å². The van der Waals surface area contributed by atoms with Gasteiger partial charge < -0.3 is 9.26 Å². The lowest BCUT2D eigenvalue weighted by Crippen LogP contribution is -2.29. The van der Waals surface area contributed by atoms with Crippen molar-refractivity contribution in [1.29, 1.82) is 0 Å². The number of esters is 1. The topological polar surface area (TPSA) is 94.3 Å². The van der Waals surface area contributed by atoms with E-state index >= 15 is 0 Å². The number of aromatic nitrogens is 2. The first-order valence-electron chi connectivity index (χ1n) is 7.90. The van der Waals surface area contributed by atoms with Gasteiger partial charge in [0.25, 0.3) is 5.91 Å². The van der Waals surface area contributed by atoms with E-state index in [1.807, 2.05) is 31.2 Å². The van der Waals surface area contributed by atoms with Crippen molar-refractivity contribution in [1.82, 2.24) is 10.1 Å². The second-order valence-electron chi connectivity index (χ2n) is 5.77. The van der Waals surface area contributed by atoms with Gasteiger partial charge in [0.05, 0.1) is 5.69 Å². The van der Waals surface area contributed by atoms with Gasteiger partial charge >= 0.3 is 5.97 Å². The fourth-order valence-electron chi connectivity index (χ4n) is 2.12. The molecule has 3 aromatic rings. The van der Waals surface area contributed by atoms with Crippen LogP contribution in [0.2, 0.25) is 0 Å². The van der Waals surface area contributed by atoms with Gasteiger partial charge in [-0.1, -0.05) is 35.0 Å². The second kappa shape index (κ2) is 7.49. The number of ether oxygens (including phenoxy) is 1. The van der Waals surface area contributed by atoms with E-state index in [0.29, 0.717) is 10.7 Å². The predicted molar refractivity (Wildman–Crippen MR) is 97.0 cm³/mol. The van der Waals surface area contributed by atoms with Crippen molar-refractivity contribution in [2.45, 2.75) is 26.9 Å². The highest BCUT2D eigenvalue weighted by molar-refractivity contribution is 7.13. The van der Waals surface area contributed by atoms with Crippen molar-refractivity contribution in [2.75, 3.05) is 5.32 Å². The van der Waals surface area contributed by atoms with Crippen LogP contribution in [-0.2, 0) is 9.53 Å². The van der Waals surface area contributed by atoms with Gasteiger partial charge in [-0.15, -0.1) is 11.3 Å². The first-order chi connectivity index (χ1) is 12.4. The molecule has 0 fully saturated rings. The zero-order valence-electron chi connectivity index (χ0n) is 14.5. The lowest BCUT2D eigenvalue weighted by molar-refractivity contribution is -0.123. The molecule has 0 bridgehead atoms. The van der Waals surface area contributed by atoms with Crippen LogP contribution in [-0.4, -0.2) is 28.1 Å². The van der Waals surface area contributed by atoms with E-state index < -0.39 is 18.0 Å². The number of hydrogen-bond acceptors (Lipinski definition) is 7. The van der Waals surface area contributed by atoms with Crippen molar-refractivity contribution >= 4 is 29.1 Å². The van der Waals surface area contributed by atoms with E-state index in [9.17, 15) is 9.59 Å². The third-order valence-electron chi connectivity index (χ3n) is 3.54. The summed E-state index contributed by atoms with van der Waals surface area (Å²) in [6.45, 7) is 5.21. The Morgan fingerprint density at radius 1 is 1.23 bits per heavy atom. The monoisotopic (exact) mass is 371 g/mol. The van der Waals surface area contributed by atoms with Gasteiger partial charge in [-0.05, 0) is 20.8 Å². The van der Waals surface area contributed by atoms with Gasteiger partial charge in [0.15, 0.2) is 11.8 Å². The number of benzene rings is 1. The zero-order valence-corrected chi connectivity index (χ0v) is 15.3. The molecular formula is C18H17N3O4S. The number of nitrogens with zero attached hydrogens (tertiary/aromatic N) is 2. The highest BCUT2D eigenvalue weighted by atomic mass is 32.1. The molecule has 0 saturated heterocycles. The maximum atomic E-state index is 12.2. The molecule has 0 saturated carbocycles. The number of hydrogen-bond donors (Lipinski definition) is 1. The third-order valence-corrected chi connectivity index (χ3v) is 4.43. The summed E-state index contributed by atoms with van der Waals surface area (Å²) >= 11 is 1.34. The average molecular weight is 371 g/mol. The first kappa shape index (κ1) is 17.8. The Morgan fingerprint density at radius 2 is 1.96 bits per heavy atom. The summed E-state index contributed by atoms with van der Waals surface area (Å²) in [7, 11) is 0. The van der Waals surface area contributed by atoms with Gasteiger partial charge in [-0.2, -0.15) is 0 Å². The Morgan fingerprint density at radius 3 is 2.62 bits per heavy atom. The smallest absolute Gasteiger partial charge is 0.358 e. The Balaban J connectivity index is 1.62. The quantitative estimate of drug-likeness (QED) is 0.689. The predicted octanol–water partition coefficient (Wildman–Crippen LogP) is 3.60. The molecule has 1 aromatic carbocycles. The van der Waals surface area contributed by atoms with Crippen LogP contribution in [0.1, 0.15) is 28.7 Å². The largest absolute Gasteiger partial charge is 0.448 e. The molecule has 0 unspecified atom stereocenters. The lowest BCUT2D eigenvalue weighted by atomic mass is 10.2. The molecule has 0 aliphatic heterocycles. The Hall–Kier alpha value is -3.00. The third kappa shape index (κ3) is 4.15. The maximum Gasteiger partial charge on any atom is 0.358 e. The number of carbonyl (C=O) groups is 2. The van der Waals surface area contributed by atoms with Crippen LogP contribution in [0.15, 0.2) is 40.2 Å². The number of anilines is 1. The Bertz CT molecular complexity index is 930. The molecule has 3 rings (SSSR count). The lowest BCUT2D eigenvalue weighted by Gasteiger charge is -2.10. The highest BCUT2D eigenvalue weighted by Crippen LogP contribution is 2.24. The molecule has 8 heteroatoms. The molecular weight excluding hydrogens is 354 g/mol. The minimum Gasteiger partial charge on any atom is -0.448 e. The van der Waals surface area contributed by atoms with Crippen LogP contribution < -0.4 is 5.32 Å². The van der Waals surface area contributed by atoms with Crippen molar-refractivity contribution in [2.24, 2.45) is 0 Å². The molecule has 0 radical (unpaired) electrons. The SMILES string of the molecule is Cc1ccc(-c2nc(C(=O)O[C@@H](C)C(=O)Nc3cc(C)no3)cs2)cc1. The molecule has 134 valence electrons. The zero-order chi connectivity index (χ0) is 18.7. The number of carbonyl (C=O) groups excluding carboxylic acids is 2. The molecule has 0 spiro atoms. The second-order valence-corrected chi connectivity index (χ2v) is 6.63. The average Bonchev–Trinajstić information content (AvgIpc) is 3.25. The number of nitrogens with one attached hydrogen (secondary N) is 1. The molecule has 1 amide bonds. The molecule has 7 nitrogen and oxygen atoms in total. The molecule has 0 aliphatic rings. The van der Waals surface area contributed by atoms with E-state index in [4.69, 9.17) is 9.26 Å². The van der Waals surface area contributed by atoms with E-state index in [1.54, 1.807) is 18.4 Å². The molecule has 2 heterocycles. The first-order valence-corrected chi connectivity index (χ1v) is 8.78. The van der Waals surface area contributed by atoms with Crippen LogP contribution in [0.5, 0.6) is 0 Å². The summed E-state index contributed by atoms with van der Waals surface area (Å²) in [6.07, 6.45) is -1.00. The van der Waals surface area contributed by atoms with Crippen LogP contribution in [0.3, 0.4) is 0 Å². The number of thiazole rings is 1. The minimum atomic E-state index is -1.00. The number of rotatable bonds is 5. The van der Waals surface area contributed by atoms with Crippen molar-refractivity contribution in [3.05, 3.63) is 52.7 Å². The van der Waals surface area contributed by atoms with E-state index in [0.717, 1.165) is 11.1 Å². The van der Waals surface area contributed by atoms with Crippen molar-refractivity contribution < 1.29 is 18.8 Å². The van der Waals surface area contributed by atoms with Crippen molar-refractivity contribution in [3.63, 3.8) is 0 Å². The van der Waals surface area contributed by atoms with Gasteiger partial charge in [0.2, 0.25) is 5.88 Å². The van der Waals surface area contributed by atoms with E-state index in [1.165, 1.54) is 18.3 Å². The highest BCUT2D eigenvalue weighted by Gasteiger charge is 2.22. The minimum absolute atomic E-state index is 0.167. The van der Waals surface area contributed by atoms with Crippen LogP contribution in [0.25, 0.3) is 10.6 Å². The summed E-state index contributed by atoms with van der Waals surface area (Å²) < 4.78 is 10.1. The molecule has 1 N–H and O–H groups in total. The van der Waals surface area contributed by atoms with E-state index in [-0.39, 0.29) is 11.6 Å². The molecule has 1 atom stereocenters. The molecule has 0 aliphatic carbocycles.